The molecule has 0 aliphatic heterocycles. The van der Waals surface area contributed by atoms with Crippen LogP contribution in [0.3, 0.4) is 0 Å². The van der Waals surface area contributed by atoms with E-state index in [2.05, 4.69) is 31.3 Å². The largest absolute Gasteiger partial charge is 0.481 e. The van der Waals surface area contributed by atoms with Crippen molar-refractivity contribution in [2.45, 2.75) is 69.4 Å². The summed E-state index contributed by atoms with van der Waals surface area (Å²) < 4.78 is 27.7. The number of aliphatic carboxylic acids is 1. The molecule has 0 bridgehead atoms. The van der Waals surface area contributed by atoms with Gasteiger partial charge < -0.3 is 15.5 Å². The molecule has 40 heavy (non-hydrogen) atoms. The number of β-amino-alcohol motifs (C(OH)–C–C–N with tert-alkyl or cyclic N) is 1. The lowest BCUT2D eigenvalue weighted by molar-refractivity contribution is -0.136. The summed E-state index contributed by atoms with van der Waals surface area (Å²) in [5.41, 5.74) is 4.71. The first-order chi connectivity index (χ1) is 18.9. The molecule has 1 unspecified atom stereocenters. The zero-order valence-electron chi connectivity index (χ0n) is 23.9. The van der Waals surface area contributed by atoms with Crippen LogP contribution in [0, 0.1) is 6.92 Å². The van der Waals surface area contributed by atoms with Gasteiger partial charge in [0.05, 0.1) is 11.0 Å². The topological polar surface area (TPSA) is 107 Å². The summed E-state index contributed by atoms with van der Waals surface area (Å²) in [5.74, 6) is -0.830. The maximum Gasteiger partial charge on any atom is 0.303 e. The number of benzene rings is 3. The smallest absolute Gasteiger partial charge is 0.303 e. The van der Waals surface area contributed by atoms with E-state index < -0.39 is 22.1 Å². The van der Waals surface area contributed by atoms with Crippen molar-refractivity contribution >= 4 is 16.0 Å². The number of aryl methyl sites for hydroxylation is 3. The standard InChI is InChI=1S/C32H42N2O5S/c1-24-21-29(17-18-30(24)27-15-12-26(13-16-27)14-19-31(36)37)40(38,39)34(4)23-28(35)22-33-32(2,3)20-8-11-25-9-6-5-7-10-25/h5-7,9-10,12-13,15-18,21,28,33,35H,8,11,14,19-20,22-23H2,1-4H3,(H,36,37). The first kappa shape index (κ1) is 31.5. The van der Waals surface area contributed by atoms with Crippen LogP contribution in [-0.4, -0.2) is 60.7 Å². The molecule has 0 aromatic heterocycles. The molecule has 3 rings (SSSR count). The average Bonchev–Trinajstić information content (AvgIpc) is 2.91. The summed E-state index contributed by atoms with van der Waals surface area (Å²) in [6, 6.07) is 23.0. The fourth-order valence-electron chi connectivity index (χ4n) is 4.72. The van der Waals surface area contributed by atoms with E-state index in [9.17, 15) is 18.3 Å². The molecule has 0 saturated heterocycles. The Morgan fingerprint density at radius 1 is 0.975 bits per heavy atom. The molecule has 0 amide bonds. The van der Waals surface area contributed by atoms with Crippen LogP contribution in [0.5, 0.6) is 0 Å². The van der Waals surface area contributed by atoms with E-state index in [1.54, 1.807) is 18.2 Å². The lowest BCUT2D eigenvalue weighted by atomic mass is 9.95. The fourth-order valence-corrected chi connectivity index (χ4v) is 6.02. The van der Waals surface area contributed by atoms with Gasteiger partial charge in [-0.3, -0.25) is 4.79 Å². The molecule has 3 aromatic rings. The first-order valence-corrected chi connectivity index (χ1v) is 15.2. The molecule has 0 aliphatic rings. The summed E-state index contributed by atoms with van der Waals surface area (Å²) in [7, 11) is -2.30. The number of rotatable bonds is 15. The van der Waals surface area contributed by atoms with Gasteiger partial charge in [0, 0.05) is 32.1 Å². The number of likely N-dealkylation sites (N-methyl/N-ethyl adjacent to an activating group) is 1. The lowest BCUT2D eigenvalue weighted by Crippen LogP contribution is -2.46. The Balaban J connectivity index is 1.55. The number of carboxylic acids is 1. The predicted octanol–water partition coefficient (Wildman–Crippen LogP) is 5.05. The van der Waals surface area contributed by atoms with Crippen molar-refractivity contribution < 1.29 is 23.4 Å². The van der Waals surface area contributed by atoms with E-state index in [4.69, 9.17) is 5.11 Å². The number of aliphatic hydroxyl groups is 1. The van der Waals surface area contributed by atoms with E-state index >= 15 is 0 Å². The van der Waals surface area contributed by atoms with Crippen molar-refractivity contribution in [2.24, 2.45) is 0 Å². The van der Waals surface area contributed by atoms with Crippen molar-refractivity contribution in [2.75, 3.05) is 20.1 Å². The van der Waals surface area contributed by atoms with E-state index in [1.807, 2.05) is 49.4 Å². The molecule has 7 nitrogen and oxygen atoms in total. The van der Waals surface area contributed by atoms with Crippen molar-refractivity contribution in [3.8, 4) is 11.1 Å². The van der Waals surface area contributed by atoms with Gasteiger partial charge in [-0.25, -0.2) is 8.42 Å². The molecular weight excluding hydrogens is 524 g/mol. The van der Waals surface area contributed by atoms with Gasteiger partial charge in [0.15, 0.2) is 0 Å². The highest BCUT2D eigenvalue weighted by atomic mass is 32.2. The summed E-state index contributed by atoms with van der Waals surface area (Å²) in [6.07, 6.45) is 2.62. The van der Waals surface area contributed by atoms with E-state index in [-0.39, 0.29) is 23.4 Å². The molecular formula is C32H42N2O5S. The summed E-state index contributed by atoms with van der Waals surface area (Å²) >= 11 is 0. The minimum atomic E-state index is -3.79. The Bertz CT molecular complexity index is 1360. The van der Waals surface area contributed by atoms with Crippen molar-refractivity contribution in [3.05, 3.63) is 89.5 Å². The molecule has 3 N–H and O–H groups in total. The second-order valence-corrected chi connectivity index (χ2v) is 13.2. The van der Waals surface area contributed by atoms with Gasteiger partial charge >= 0.3 is 5.97 Å². The van der Waals surface area contributed by atoms with Crippen LogP contribution in [0.15, 0.2) is 77.7 Å². The van der Waals surface area contributed by atoms with Crippen LogP contribution in [0.1, 0.15) is 49.8 Å². The van der Waals surface area contributed by atoms with E-state index in [0.717, 1.165) is 41.5 Å². The van der Waals surface area contributed by atoms with Gasteiger partial charge in [-0.1, -0.05) is 60.7 Å². The van der Waals surface area contributed by atoms with Crippen molar-refractivity contribution in [1.82, 2.24) is 9.62 Å². The Labute approximate surface area is 238 Å². The highest BCUT2D eigenvalue weighted by Crippen LogP contribution is 2.27. The lowest BCUT2D eigenvalue weighted by Gasteiger charge is -2.29. The molecule has 1 atom stereocenters. The third-order valence-electron chi connectivity index (χ3n) is 7.19. The molecule has 8 heteroatoms. The third-order valence-corrected chi connectivity index (χ3v) is 9.01. The Morgan fingerprint density at radius 2 is 1.62 bits per heavy atom. The molecule has 0 radical (unpaired) electrons. The Hall–Kier alpha value is -3.04. The average molecular weight is 567 g/mol. The fraction of sp³-hybridized carbons (Fsp3) is 0.406. The van der Waals surface area contributed by atoms with Gasteiger partial charge in [0.25, 0.3) is 0 Å². The van der Waals surface area contributed by atoms with Gasteiger partial charge in [0.2, 0.25) is 10.0 Å². The number of hydrogen-bond donors (Lipinski definition) is 3. The number of sulfonamides is 1. The highest BCUT2D eigenvalue weighted by Gasteiger charge is 2.25. The summed E-state index contributed by atoms with van der Waals surface area (Å²) in [5, 5.41) is 22.9. The second-order valence-electron chi connectivity index (χ2n) is 11.1. The normalized spacial score (nSPS) is 12.9. The maximum atomic E-state index is 13.3. The molecule has 0 saturated carbocycles. The van der Waals surface area contributed by atoms with Crippen LogP contribution in [0.4, 0.5) is 0 Å². The van der Waals surface area contributed by atoms with E-state index in [1.165, 1.54) is 16.9 Å². The highest BCUT2D eigenvalue weighted by molar-refractivity contribution is 7.89. The molecule has 0 heterocycles. The van der Waals surface area contributed by atoms with Crippen LogP contribution < -0.4 is 5.32 Å². The van der Waals surface area contributed by atoms with Gasteiger partial charge in [0.1, 0.15) is 0 Å². The van der Waals surface area contributed by atoms with E-state index in [0.29, 0.717) is 13.0 Å². The third kappa shape index (κ3) is 9.27. The van der Waals surface area contributed by atoms with Crippen LogP contribution in [0.25, 0.3) is 11.1 Å². The Kier molecular flexibility index (Phi) is 11.0. The zero-order valence-corrected chi connectivity index (χ0v) is 24.7. The van der Waals surface area contributed by atoms with Crippen LogP contribution >= 0.6 is 0 Å². The van der Waals surface area contributed by atoms with Crippen molar-refractivity contribution in [3.63, 3.8) is 0 Å². The Morgan fingerprint density at radius 3 is 2.25 bits per heavy atom. The number of carbonyl (C=O) groups is 1. The van der Waals surface area contributed by atoms with Gasteiger partial charge in [-0.2, -0.15) is 4.31 Å². The van der Waals surface area contributed by atoms with Crippen LogP contribution in [0.2, 0.25) is 0 Å². The molecule has 0 spiro atoms. The number of nitrogens with one attached hydrogen (secondary N) is 1. The summed E-state index contributed by atoms with van der Waals surface area (Å²) in [4.78, 5) is 11.0. The van der Waals surface area contributed by atoms with Crippen molar-refractivity contribution in [1.29, 1.82) is 0 Å². The molecule has 3 aromatic carbocycles. The molecule has 0 fully saturated rings. The monoisotopic (exact) mass is 566 g/mol. The number of aliphatic hydroxyl groups excluding tert-OH is 1. The molecule has 0 aliphatic carbocycles. The minimum Gasteiger partial charge on any atom is -0.481 e. The van der Waals surface area contributed by atoms with Gasteiger partial charge in [-0.15, -0.1) is 0 Å². The van der Waals surface area contributed by atoms with Crippen LogP contribution in [-0.2, 0) is 27.7 Å². The maximum absolute atomic E-state index is 13.3. The number of nitrogens with zero attached hydrogens (tertiary/aromatic N) is 1. The number of hydrogen-bond acceptors (Lipinski definition) is 5. The summed E-state index contributed by atoms with van der Waals surface area (Å²) in [6.45, 7) is 6.33. The quantitative estimate of drug-likeness (QED) is 0.238. The predicted molar refractivity (Wildman–Crippen MR) is 160 cm³/mol. The second kappa shape index (κ2) is 14.0. The first-order valence-electron chi connectivity index (χ1n) is 13.7. The zero-order chi connectivity index (χ0) is 29.3. The molecule has 216 valence electrons. The van der Waals surface area contributed by atoms with Gasteiger partial charge in [-0.05, 0) is 86.4 Å². The number of carboxylic acid groups (broad SMARTS) is 1. The SMILES string of the molecule is Cc1cc(S(=O)(=O)N(C)CC(O)CNC(C)(C)CCCc2ccccc2)ccc1-c1ccc(CCC(=O)O)cc1. The minimum absolute atomic E-state index is 0.0198.